The number of carbonyl (C=O) groups excluding carboxylic acids is 1. The van der Waals surface area contributed by atoms with Crippen molar-refractivity contribution in [3.63, 3.8) is 0 Å². The maximum absolute atomic E-state index is 12.8. The number of ether oxygens (including phenoxy) is 1. The van der Waals surface area contributed by atoms with Crippen molar-refractivity contribution < 1.29 is 14.5 Å². The zero-order valence-corrected chi connectivity index (χ0v) is 21.1. The quantitative estimate of drug-likeness (QED) is 0.224. The number of benzene rings is 3. The second kappa shape index (κ2) is 10.1. The van der Waals surface area contributed by atoms with Crippen LogP contribution in [0.3, 0.4) is 0 Å². The van der Waals surface area contributed by atoms with Gasteiger partial charge in [0, 0.05) is 22.7 Å². The Bertz CT molecular complexity index is 1430. The Morgan fingerprint density at radius 2 is 1.65 bits per heavy atom. The van der Waals surface area contributed by atoms with E-state index in [0.717, 1.165) is 11.3 Å². The smallest absolute Gasteiger partial charge is 0.365 e. The molecule has 5 rings (SSSR count). The number of hydrogen-bond acceptors (Lipinski definition) is 9. The Balaban J connectivity index is 1.65. The Kier molecular flexibility index (Phi) is 6.68. The molecule has 1 atom stereocenters. The number of hydrazone groups is 2. The molecule has 0 unspecified atom stereocenters. The second-order valence-electron chi connectivity index (χ2n) is 7.94. The highest BCUT2D eigenvalue weighted by Gasteiger charge is 2.52. The highest BCUT2D eigenvalue weighted by molar-refractivity contribution is 8.17. The molecule has 2 heterocycles. The minimum atomic E-state index is -1.13. The molecule has 0 radical (unpaired) electrons. The minimum Gasteiger partial charge on any atom is -0.461 e. The third-order valence-corrected chi connectivity index (χ3v) is 7.08. The van der Waals surface area contributed by atoms with Crippen molar-refractivity contribution in [3.05, 3.63) is 112 Å². The number of nitrogens with zero attached hydrogens (tertiary/aromatic N) is 5. The molecule has 1 spiro atoms. The molecule has 186 valence electrons. The van der Waals surface area contributed by atoms with E-state index >= 15 is 0 Å². The predicted molar refractivity (Wildman–Crippen MR) is 146 cm³/mol. The van der Waals surface area contributed by atoms with Gasteiger partial charge >= 0.3 is 5.97 Å². The molecular formula is C26H20ClN5O4S. The van der Waals surface area contributed by atoms with Crippen LogP contribution >= 0.6 is 23.4 Å². The molecule has 9 nitrogen and oxygen atoms in total. The van der Waals surface area contributed by atoms with Gasteiger partial charge in [0.2, 0.25) is 10.0 Å². The zero-order chi connectivity index (χ0) is 26.0. The summed E-state index contributed by atoms with van der Waals surface area (Å²) < 4.78 is 5.24. The van der Waals surface area contributed by atoms with Crippen LogP contribution in [0.5, 0.6) is 0 Å². The molecule has 2 aliphatic rings. The number of halogens is 1. The van der Waals surface area contributed by atoms with Crippen molar-refractivity contribution >= 4 is 57.1 Å². The van der Waals surface area contributed by atoms with Gasteiger partial charge in [-0.25, -0.2) is 14.8 Å². The summed E-state index contributed by atoms with van der Waals surface area (Å²) in [7, 11) is 0. The number of non-ortho nitro benzene ring substituents is 1. The lowest BCUT2D eigenvalue weighted by Crippen LogP contribution is -2.53. The molecule has 0 aliphatic carbocycles. The van der Waals surface area contributed by atoms with E-state index < -0.39 is 15.9 Å². The second-order valence-corrected chi connectivity index (χ2v) is 9.57. The predicted octanol–water partition coefficient (Wildman–Crippen LogP) is 5.81. The van der Waals surface area contributed by atoms with E-state index in [1.807, 2.05) is 54.6 Å². The number of allylic oxidation sites excluding steroid dienone is 1. The molecule has 0 amide bonds. The Morgan fingerprint density at radius 3 is 2.30 bits per heavy atom. The molecule has 0 fully saturated rings. The van der Waals surface area contributed by atoms with Crippen LogP contribution in [-0.2, 0) is 9.53 Å². The number of para-hydroxylation sites is 1. The highest BCUT2D eigenvalue weighted by atomic mass is 35.5. The number of thioether (sulfide) groups is 1. The van der Waals surface area contributed by atoms with Crippen LogP contribution in [0.15, 0.2) is 101 Å². The molecule has 0 bridgehead atoms. The van der Waals surface area contributed by atoms with E-state index in [2.05, 4.69) is 5.10 Å². The third kappa shape index (κ3) is 4.68. The van der Waals surface area contributed by atoms with Crippen LogP contribution < -0.4 is 10.0 Å². The van der Waals surface area contributed by atoms with E-state index in [1.165, 1.54) is 23.9 Å². The van der Waals surface area contributed by atoms with E-state index in [-0.39, 0.29) is 17.3 Å². The first-order chi connectivity index (χ1) is 17.9. The topological polar surface area (TPSA) is 101 Å². The summed E-state index contributed by atoms with van der Waals surface area (Å²) in [6.45, 7) is 1.92. The van der Waals surface area contributed by atoms with Gasteiger partial charge in [0.1, 0.15) is 0 Å². The van der Waals surface area contributed by atoms with E-state index in [1.54, 1.807) is 41.2 Å². The normalized spacial score (nSPS) is 18.5. The molecule has 0 aromatic heterocycles. The lowest BCUT2D eigenvalue weighted by Gasteiger charge is -2.43. The van der Waals surface area contributed by atoms with Gasteiger partial charge in [-0.05, 0) is 67.2 Å². The average molecular weight is 534 g/mol. The molecule has 0 saturated heterocycles. The van der Waals surface area contributed by atoms with Gasteiger partial charge < -0.3 is 4.74 Å². The Hall–Kier alpha value is -4.15. The van der Waals surface area contributed by atoms with Crippen molar-refractivity contribution in [1.29, 1.82) is 0 Å². The highest BCUT2D eigenvalue weighted by Crippen LogP contribution is 2.48. The fourth-order valence-corrected chi connectivity index (χ4v) is 5.17. The number of esters is 1. The van der Waals surface area contributed by atoms with Crippen molar-refractivity contribution in [1.82, 2.24) is 0 Å². The zero-order valence-electron chi connectivity index (χ0n) is 19.5. The molecule has 3 aromatic rings. The SMILES string of the molecule is CCOC(=O)C1=NN(c2ccc([N+](=O)[O-])cc2)[C@@]2(C=CC(c3ccc(Cl)cc3)=NN2c2ccccc2)S1. The van der Waals surface area contributed by atoms with Gasteiger partial charge in [0.15, 0.2) is 0 Å². The maximum atomic E-state index is 12.8. The summed E-state index contributed by atoms with van der Waals surface area (Å²) >= 11 is 7.26. The fraction of sp³-hybridized carbons (Fsp3) is 0.115. The number of rotatable bonds is 6. The average Bonchev–Trinajstić information content (AvgIpc) is 3.30. The van der Waals surface area contributed by atoms with Crippen molar-refractivity contribution in [3.8, 4) is 0 Å². The maximum Gasteiger partial charge on any atom is 0.365 e. The van der Waals surface area contributed by atoms with Crippen LogP contribution in [-0.4, -0.2) is 33.2 Å². The van der Waals surface area contributed by atoms with Crippen LogP contribution in [0.1, 0.15) is 12.5 Å². The lowest BCUT2D eigenvalue weighted by atomic mass is 10.1. The van der Waals surface area contributed by atoms with Gasteiger partial charge in [0.05, 0.1) is 28.6 Å². The van der Waals surface area contributed by atoms with Gasteiger partial charge in [-0.2, -0.15) is 10.2 Å². The van der Waals surface area contributed by atoms with Crippen molar-refractivity contribution in [2.45, 2.75) is 11.9 Å². The van der Waals surface area contributed by atoms with Gasteiger partial charge in [-0.3, -0.25) is 10.1 Å². The summed E-state index contributed by atoms with van der Waals surface area (Å²) in [5.74, 6) is -0.565. The first-order valence-electron chi connectivity index (χ1n) is 11.3. The first kappa shape index (κ1) is 24.5. The van der Waals surface area contributed by atoms with Gasteiger partial charge in [-0.15, -0.1) is 0 Å². The summed E-state index contributed by atoms with van der Waals surface area (Å²) in [6.07, 6.45) is 3.76. The molecule has 2 aliphatic heterocycles. The molecule has 0 saturated carbocycles. The van der Waals surface area contributed by atoms with Gasteiger partial charge in [0.25, 0.3) is 5.69 Å². The standard InChI is InChI=1S/C26H20ClN5O4S/c1-2-36-25(33)24-29-31(21-12-14-22(15-13-21)32(34)35)26(37-24)17-16-23(18-8-10-19(27)11-9-18)28-30(26)20-6-4-3-5-7-20/h3-17H,2H2,1H3/t26-/m0/s1. The summed E-state index contributed by atoms with van der Waals surface area (Å²) in [4.78, 5) is 22.4. The molecular weight excluding hydrogens is 514 g/mol. The van der Waals surface area contributed by atoms with Gasteiger partial charge in [-0.1, -0.05) is 41.9 Å². The summed E-state index contributed by atoms with van der Waals surface area (Å²) in [5.41, 5.74) is 2.76. The Morgan fingerprint density at radius 1 is 1.00 bits per heavy atom. The van der Waals surface area contributed by atoms with Crippen LogP contribution in [0.2, 0.25) is 5.02 Å². The van der Waals surface area contributed by atoms with Crippen molar-refractivity contribution in [2.75, 3.05) is 16.6 Å². The largest absolute Gasteiger partial charge is 0.461 e. The molecule has 3 aromatic carbocycles. The number of carbonyl (C=O) groups is 1. The van der Waals surface area contributed by atoms with E-state index in [4.69, 9.17) is 21.4 Å². The summed E-state index contributed by atoms with van der Waals surface area (Å²) in [6, 6.07) is 22.8. The lowest BCUT2D eigenvalue weighted by molar-refractivity contribution is -0.384. The number of nitro benzene ring substituents is 1. The van der Waals surface area contributed by atoms with Crippen LogP contribution in [0.4, 0.5) is 17.1 Å². The van der Waals surface area contributed by atoms with Crippen LogP contribution in [0, 0.1) is 10.1 Å². The van der Waals surface area contributed by atoms with E-state index in [9.17, 15) is 14.9 Å². The number of hydrogen-bond donors (Lipinski definition) is 0. The fourth-order valence-electron chi connectivity index (χ4n) is 3.90. The minimum absolute atomic E-state index is 0.0543. The first-order valence-corrected chi connectivity index (χ1v) is 12.5. The molecule has 11 heteroatoms. The molecule has 37 heavy (non-hydrogen) atoms. The molecule has 0 N–H and O–H groups in total. The Labute approximate surface area is 221 Å². The summed E-state index contributed by atoms with van der Waals surface area (Å²) in [5, 5.41) is 24.9. The number of anilines is 2. The van der Waals surface area contributed by atoms with E-state index in [0.29, 0.717) is 16.4 Å². The third-order valence-electron chi connectivity index (χ3n) is 5.61. The van der Waals surface area contributed by atoms with Crippen LogP contribution in [0.25, 0.3) is 0 Å². The monoisotopic (exact) mass is 533 g/mol. The van der Waals surface area contributed by atoms with Crippen molar-refractivity contribution in [2.24, 2.45) is 10.2 Å². The number of nitro groups is 1.